The second kappa shape index (κ2) is 11.9. The van der Waals surface area contributed by atoms with Crippen molar-refractivity contribution in [1.29, 1.82) is 0 Å². The number of hydrogen-bond donors (Lipinski definition) is 0. The summed E-state index contributed by atoms with van der Waals surface area (Å²) in [5.41, 5.74) is 7.20. The molecule has 0 bridgehead atoms. The molecule has 0 saturated carbocycles. The molecule has 7 rings (SSSR count). The zero-order valence-electron chi connectivity index (χ0n) is 28.5. The minimum atomic E-state index is -3.85. The van der Waals surface area contributed by atoms with Gasteiger partial charge in [0.1, 0.15) is 8.07 Å². The van der Waals surface area contributed by atoms with Gasteiger partial charge in [0.2, 0.25) is 0 Å². The molecule has 0 radical (unpaired) electrons. The van der Waals surface area contributed by atoms with E-state index in [-0.39, 0.29) is 15.6 Å². The van der Waals surface area contributed by atoms with Gasteiger partial charge in [0.05, 0.1) is 22.0 Å². The highest BCUT2D eigenvalue weighted by molar-refractivity contribution is 7.87. The molecular weight excluding hydrogens is 677 g/mol. The first-order valence-corrected chi connectivity index (χ1v) is 22.4. The number of hydrogen-bond acceptors (Lipinski definition) is 9. The summed E-state index contributed by atoms with van der Waals surface area (Å²) in [5.74, 6) is 0.0126. The van der Waals surface area contributed by atoms with E-state index in [4.69, 9.17) is 8.37 Å². The van der Waals surface area contributed by atoms with Gasteiger partial charge in [-0.1, -0.05) is 13.1 Å². The van der Waals surface area contributed by atoms with Crippen molar-refractivity contribution in [3.05, 3.63) is 95.1 Å². The standard InChI is InChI=1S/C37H40N2O7S2Si/c1-23(2)45-47(41,42)29-9-13-33-25(19-29)15-17-38(33)27-7-11-31-35(21-27)49(5,6)36-22-28(8-12-32(36)37(31)40)39-18-16-26-20-30(10-14-34(26)39)48(43,44)46-24(3)4/h7-14,19-24H,15-18H2,1-6H3. The highest BCUT2D eigenvalue weighted by Crippen LogP contribution is 2.39. The van der Waals surface area contributed by atoms with Crippen LogP contribution in [0.4, 0.5) is 22.7 Å². The Morgan fingerprint density at radius 2 is 1.02 bits per heavy atom. The van der Waals surface area contributed by atoms with Crippen molar-refractivity contribution in [3.8, 4) is 0 Å². The third kappa shape index (κ3) is 5.83. The zero-order chi connectivity index (χ0) is 35.0. The zero-order valence-corrected chi connectivity index (χ0v) is 31.1. The predicted molar refractivity (Wildman–Crippen MR) is 194 cm³/mol. The molecule has 0 atom stereocenters. The molecule has 256 valence electrons. The van der Waals surface area contributed by atoms with Crippen LogP contribution in [-0.2, 0) is 41.4 Å². The molecule has 12 heteroatoms. The van der Waals surface area contributed by atoms with E-state index in [0.29, 0.717) is 25.9 Å². The van der Waals surface area contributed by atoms with Gasteiger partial charge in [-0.2, -0.15) is 16.8 Å². The molecule has 9 nitrogen and oxygen atoms in total. The Bertz CT molecular complexity index is 2090. The molecule has 0 aliphatic carbocycles. The van der Waals surface area contributed by atoms with E-state index >= 15 is 0 Å². The minimum Gasteiger partial charge on any atom is -0.341 e. The monoisotopic (exact) mass is 716 g/mol. The van der Waals surface area contributed by atoms with Crippen molar-refractivity contribution in [2.24, 2.45) is 0 Å². The smallest absolute Gasteiger partial charge is 0.297 e. The summed E-state index contributed by atoms with van der Waals surface area (Å²) in [5, 5.41) is 2.14. The van der Waals surface area contributed by atoms with Crippen LogP contribution >= 0.6 is 0 Å². The van der Waals surface area contributed by atoms with Crippen molar-refractivity contribution in [2.75, 3.05) is 22.9 Å². The lowest BCUT2D eigenvalue weighted by Gasteiger charge is -2.35. The van der Waals surface area contributed by atoms with Gasteiger partial charge in [0.25, 0.3) is 20.2 Å². The third-order valence-electron chi connectivity index (χ3n) is 9.57. The van der Waals surface area contributed by atoms with Gasteiger partial charge in [0, 0.05) is 47.0 Å². The molecule has 0 spiro atoms. The highest BCUT2D eigenvalue weighted by atomic mass is 32.2. The quantitative estimate of drug-likeness (QED) is 0.168. The first-order chi connectivity index (χ1) is 23.1. The summed E-state index contributed by atoms with van der Waals surface area (Å²) in [6, 6.07) is 22.5. The lowest BCUT2D eigenvalue weighted by atomic mass is 10.0. The molecule has 0 amide bonds. The fourth-order valence-electron chi connectivity index (χ4n) is 7.34. The molecule has 0 fully saturated rings. The number of rotatable bonds is 8. The van der Waals surface area contributed by atoms with Gasteiger partial charge >= 0.3 is 0 Å². The second-order valence-electron chi connectivity index (χ2n) is 14.0. The average Bonchev–Trinajstić information content (AvgIpc) is 3.66. The fraction of sp³-hybridized carbons (Fsp3) is 0.324. The lowest BCUT2D eigenvalue weighted by molar-refractivity contribution is 0.104. The van der Waals surface area contributed by atoms with Crippen LogP contribution in [0.3, 0.4) is 0 Å². The molecule has 0 unspecified atom stereocenters. The second-order valence-corrected chi connectivity index (χ2v) is 21.5. The number of nitrogens with zero attached hydrogens (tertiary/aromatic N) is 2. The topological polar surface area (TPSA) is 110 Å². The first-order valence-electron chi connectivity index (χ1n) is 16.6. The number of anilines is 4. The molecule has 4 aromatic rings. The van der Waals surface area contributed by atoms with Crippen LogP contribution in [0.5, 0.6) is 0 Å². The lowest BCUT2D eigenvalue weighted by Crippen LogP contribution is -2.60. The first kappa shape index (κ1) is 33.7. The maximum absolute atomic E-state index is 13.9. The van der Waals surface area contributed by atoms with E-state index in [9.17, 15) is 21.6 Å². The summed E-state index contributed by atoms with van der Waals surface area (Å²) < 4.78 is 61.3. The molecule has 4 aromatic carbocycles. The van der Waals surface area contributed by atoms with Crippen molar-refractivity contribution < 1.29 is 30.0 Å². The SMILES string of the molecule is CC(C)OS(=O)(=O)c1ccc2c(c1)CCN2c1ccc2c(c1)[Si](C)(C)c1cc(N3CCc4cc(S(=O)(=O)OC(C)C)ccc43)ccc1C2=O. The maximum atomic E-state index is 13.9. The van der Waals surface area contributed by atoms with Crippen LogP contribution < -0.4 is 20.2 Å². The van der Waals surface area contributed by atoms with Gasteiger partial charge < -0.3 is 9.80 Å². The molecule has 3 aliphatic heterocycles. The normalized spacial score (nSPS) is 16.6. The summed E-state index contributed by atoms with van der Waals surface area (Å²) in [6.45, 7) is 12.7. The van der Waals surface area contributed by atoms with E-state index in [0.717, 1.165) is 55.4 Å². The van der Waals surface area contributed by atoms with E-state index in [1.54, 1.807) is 52.0 Å². The Morgan fingerprint density at radius 1 is 0.612 bits per heavy atom. The summed E-state index contributed by atoms with van der Waals surface area (Å²) in [7, 11) is -10.1. The summed E-state index contributed by atoms with van der Waals surface area (Å²) in [6.07, 6.45) is 0.493. The number of fused-ring (bicyclic) bond motifs is 4. The van der Waals surface area contributed by atoms with Crippen molar-refractivity contribution in [1.82, 2.24) is 0 Å². The van der Waals surface area contributed by atoms with Crippen LogP contribution in [0, 0.1) is 0 Å². The molecule has 0 saturated heterocycles. The number of carbonyl (C=O) groups excluding carboxylic acids is 1. The summed E-state index contributed by atoms with van der Waals surface area (Å²) >= 11 is 0. The maximum Gasteiger partial charge on any atom is 0.297 e. The minimum absolute atomic E-state index is 0.0126. The average molecular weight is 717 g/mol. The van der Waals surface area contributed by atoms with E-state index < -0.39 is 40.5 Å². The number of carbonyl (C=O) groups is 1. The Kier molecular flexibility index (Phi) is 8.18. The van der Waals surface area contributed by atoms with Gasteiger partial charge in [-0.25, -0.2) is 0 Å². The number of benzene rings is 4. The van der Waals surface area contributed by atoms with Crippen LogP contribution in [0.15, 0.2) is 82.6 Å². The van der Waals surface area contributed by atoms with E-state index in [2.05, 4.69) is 35.0 Å². The van der Waals surface area contributed by atoms with Crippen LogP contribution in [0.25, 0.3) is 0 Å². The Balaban J connectivity index is 1.20. The van der Waals surface area contributed by atoms with E-state index in [1.807, 2.05) is 36.4 Å². The van der Waals surface area contributed by atoms with Gasteiger partial charge in [0.15, 0.2) is 5.78 Å². The highest BCUT2D eigenvalue weighted by Gasteiger charge is 2.40. The van der Waals surface area contributed by atoms with Gasteiger partial charge in [-0.15, -0.1) is 0 Å². The molecular formula is C37H40N2O7S2Si. The fourth-order valence-corrected chi connectivity index (χ4v) is 12.7. The van der Waals surface area contributed by atoms with E-state index in [1.165, 1.54) is 0 Å². The van der Waals surface area contributed by atoms with Crippen LogP contribution in [0.1, 0.15) is 54.7 Å². The van der Waals surface area contributed by atoms with Gasteiger partial charge in [-0.3, -0.25) is 13.2 Å². The largest absolute Gasteiger partial charge is 0.341 e. The van der Waals surface area contributed by atoms with Crippen LogP contribution in [0.2, 0.25) is 13.1 Å². The Hall–Kier alpha value is -3.81. The molecule has 0 aromatic heterocycles. The van der Waals surface area contributed by atoms with Crippen molar-refractivity contribution in [2.45, 2.75) is 75.6 Å². The molecule has 3 aliphatic rings. The van der Waals surface area contributed by atoms with Crippen molar-refractivity contribution >= 4 is 67.2 Å². The predicted octanol–water partition coefficient (Wildman–Crippen LogP) is 5.67. The summed E-state index contributed by atoms with van der Waals surface area (Å²) in [4.78, 5) is 18.6. The molecule has 0 N–H and O–H groups in total. The molecule has 49 heavy (non-hydrogen) atoms. The Morgan fingerprint density at radius 3 is 1.41 bits per heavy atom. The van der Waals surface area contributed by atoms with Crippen LogP contribution in [-0.4, -0.2) is 56.0 Å². The number of ketones is 1. The van der Waals surface area contributed by atoms with Gasteiger partial charge in [-0.05, 0) is 135 Å². The Labute approximate surface area is 289 Å². The third-order valence-corrected chi connectivity index (χ3v) is 16.0. The molecule has 3 heterocycles. The van der Waals surface area contributed by atoms with Crippen molar-refractivity contribution in [3.63, 3.8) is 0 Å².